The molecule has 0 spiro atoms. The first-order chi connectivity index (χ1) is 13.2. The Balaban J connectivity index is 1.51. The number of carbonyl (C=O) groups is 1. The summed E-state index contributed by atoms with van der Waals surface area (Å²) in [5, 5.41) is 10.7. The van der Waals surface area contributed by atoms with Crippen molar-refractivity contribution in [1.29, 1.82) is 0 Å². The summed E-state index contributed by atoms with van der Waals surface area (Å²) in [4.78, 5) is 16.7. The van der Waals surface area contributed by atoms with E-state index in [1.807, 2.05) is 42.5 Å². The maximum Gasteiger partial charge on any atom is 0.255 e. The van der Waals surface area contributed by atoms with E-state index in [9.17, 15) is 4.79 Å². The van der Waals surface area contributed by atoms with Gasteiger partial charge in [-0.25, -0.2) is 4.68 Å². The van der Waals surface area contributed by atoms with Gasteiger partial charge in [0.25, 0.3) is 5.91 Å². The largest absolute Gasteiger partial charge is 0.322 e. The zero-order valence-corrected chi connectivity index (χ0v) is 15.7. The third-order valence-electron chi connectivity index (χ3n) is 3.98. The summed E-state index contributed by atoms with van der Waals surface area (Å²) in [7, 11) is 0. The number of benzene rings is 2. The predicted octanol–water partition coefficient (Wildman–Crippen LogP) is 4.34. The number of halogens is 1. The number of aromatic nitrogens is 4. The molecule has 4 rings (SSSR count). The van der Waals surface area contributed by atoms with E-state index in [1.54, 1.807) is 41.6 Å². The minimum Gasteiger partial charge on any atom is -0.322 e. The molecule has 0 saturated heterocycles. The van der Waals surface area contributed by atoms with Gasteiger partial charge in [0.15, 0.2) is 0 Å². The number of pyridine rings is 1. The molecule has 0 aliphatic carbocycles. The topological polar surface area (TPSA) is 72.7 Å². The van der Waals surface area contributed by atoms with Crippen LogP contribution in [0.2, 0.25) is 0 Å². The summed E-state index contributed by atoms with van der Waals surface area (Å²) >= 11 is 3.42. The van der Waals surface area contributed by atoms with E-state index < -0.39 is 0 Å². The van der Waals surface area contributed by atoms with Crippen molar-refractivity contribution < 1.29 is 4.79 Å². The van der Waals surface area contributed by atoms with Crippen molar-refractivity contribution in [3.63, 3.8) is 0 Å². The monoisotopic (exact) mass is 419 g/mol. The van der Waals surface area contributed by atoms with Crippen LogP contribution in [-0.2, 0) is 0 Å². The van der Waals surface area contributed by atoms with Crippen molar-refractivity contribution in [2.24, 2.45) is 0 Å². The molecule has 0 unspecified atom stereocenters. The highest BCUT2D eigenvalue weighted by Crippen LogP contribution is 2.22. The van der Waals surface area contributed by atoms with Gasteiger partial charge < -0.3 is 5.32 Å². The molecule has 0 atom stereocenters. The van der Waals surface area contributed by atoms with Crippen molar-refractivity contribution in [2.45, 2.75) is 0 Å². The van der Waals surface area contributed by atoms with E-state index in [2.05, 4.69) is 36.5 Å². The van der Waals surface area contributed by atoms with Crippen LogP contribution >= 0.6 is 15.9 Å². The third kappa shape index (κ3) is 3.93. The zero-order valence-electron chi connectivity index (χ0n) is 14.1. The minimum atomic E-state index is -0.176. The molecule has 4 aromatic rings. The molecule has 0 bridgehead atoms. The van der Waals surface area contributed by atoms with E-state index in [0.29, 0.717) is 11.3 Å². The standard InChI is InChI=1S/C20H14BrN5O/c21-17-10-16(12-22-13-17)14-4-6-15(7-5-14)20(27)24-18-2-1-3-19(11-18)26-9-8-23-25-26/h1-13H,(H,24,27). The first-order valence-electron chi connectivity index (χ1n) is 8.18. The normalized spacial score (nSPS) is 10.6. The highest BCUT2D eigenvalue weighted by Gasteiger charge is 2.08. The molecule has 0 radical (unpaired) electrons. The van der Waals surface area contributed by atoms with Gasteiger partial charge >= 0.3 is 0 Å². The number of nitrogens with one attached hydrogen (secondary N) is 1. The Labute approximate surface area is 164 Å². The van der Waals surface area contributed by atoms with Gasteiger partial charge in [-0.05, 0) is 57.9 Å². The molecule has 0 aliphatic heterocycles. The number of amides is 1. The van der Waals surface area contributed by atoms with Crippen molar-refractivity contribution in [1.82, 2.24) is 20.0 Å². The first kappa shape index (κ1) is 17.1. The average molecular weight is 420 g/mol. The van der Waals surface area contributed by atoms with Gasteiger partial charge in [-0.15, -0.1) is 5.10 Å². The number of nitrogens with zero attached hydrogens (tertiary/aromatic N) is 4. The van der Waals surface area contributed by atoms with E-state index >= 15 is 0 Å². The molecule has 0 fully saturated rings. The van der Waals surface area contributed by atoms with Crippen molar-refractivity contribution >= 4 is 27.5 Å². The Morgan fingerprint density at radius 2 is 1.85 bits per heavy atom. The Bertz CT molecular complexity index is 1080. The molecule has 1 N–H and O–H groups in total. The van der Waals surface area contributed by atoms with E-state index in [1.165, 1.54) is 0 Å². The van der Waals surface area contributed by atoms with Crippen molar-refractivity contribution in [2.75, 3.05) is 5.32 Å². The Kier molecular flexibility index (Phi) is 4.76. The summed E-state index contributed by atoms with van der Waals surface area (Å²) in [5.41, 5.74) is 4.06. The number of hydrogen-bond donors (Lipinski definition) is 1. The van der Waals surface area contributed by atoms with Crippen molar-refractivity contribution in [3.05, 3.63) is 89.4 Å². The van der Waals surface area contributed by atoms with Gasteiger partial charge in [-0.2, -0.15) is 0 Å². The fraction of sp³-hybridized carbons (Fsp3) is 0. The maximum atomic E-state index is 12.5. The third-order valence-corrected chi connectivity index (χ3v) is 4.41. The fourth-order valence-corrected chi connectivity index (χ4v) is 3.02. The number of rotatable bonds is 4. The molecule has 7 heteroatoms. The van der Waals surface area contributed by atoms with Crippen LogP contribution in [0.4, 0.5) is 5.69 Å². The van der Waals surface area contributed by atoms with Crippen LogP contribution in [0.25, 0.3) is 16.8 Å². The molecule has 1 amide bonds. The summed E-state index contributed by atoms with van der Waals surface area (Å²) in [5.74, 6) is -0.176. The number of anilines is 1. The SMILES string of the molecule is O=C(Nc1cccc(-n2ccnn2)c1)c1ccc(-c2cncc(Br)c2)cc1. The molecule has 2 aromatic heterocycles. The lowest BCUT2D eigenvalue weighted by Gasteiger charge is -2.08. The minimum absolute atomic E-state index is 0.176. The lowest BCUT2D eigenvalue weighted by atomic mass is 10.1. The van der Waals surface area contributed by atoms with Gasteiger partial charge in [-0.1, -0.05) is 23.4 Å². The summed E-state index contributed by atoms with van der Waals surface area (Å²) in [6.07, 6.45) is 6.87. The molecular formula is C20H14BrN5O. The molecular weight excluding hydrogens is 406 g/mol. The molecule has 27 heavy (non-hydrogen) atoms. The maximum absolute atomic E-state index is 12.5. The molecule has 2 heterocycles. The van der Waals surface area contributed by atoms with Gasteiger partial charge in [0.2, 0.25) is 0 Å². The Morgan fingerprint density at radius 1 is 1.00 bits per heavy atom. The Hall–Kier alpha value is -3.32. The predicted molar refractivity (Wildman–Crippen MR) is 107 cm³/mol. The highest BCUT2D eigenvalue weighted by molar-refractivity contribution is 9.10. The second-order valence-corrected chi connectivity index (χ2v) is 6.74. The van der Waals surface area contributed by atoms with Gasteiger partial charge in [0.1, 0.15) is 0 Å². The van der Waals surface area contributed by atoms with Gasteiger partial charge in [0.05, 0.1) is 18.1 Å². The van der Waals surface area contributed by atoms with Crippen molar-refractivity contribution in [3.8, 4) is 16.8 Å². The van der Waals surface area contributed by atoms with Crippen LogP contribution in [0, 0.1) is 0 Å². The van der Waals surface area contributed by atoms with Gasteiger partial charge in [0, 0.05) is 33.7 Å². The first-order valence-corrected chi connectivity index (χ1v) is 8.97. The van der Waals surface area contributed by atoms with E-state index in [4.69, 9.17) is 0 Å². The van der Waals surface area contributed by atoms with Crippen LogP contribution in [0.15, 0.2) is 83.9 Å². The molecule has 0 saturated carbocycles. The zero-order chi connectivity index (χ0) is 18.6. The smallest absolute Gasteiger partial charge is 0.255 e. The van der Waals surface area contributed by atoms with Crippen LogP contribution in [0.1, 0.15) is 10.4 Å². The van der Waals surface area contributed by atoms with E-state index in [-0.39, 0.29) is 5.91 Å². The summed E-state index contributed by atoms with van der Waals surface area (Å²) < 4.78 is 2.55. The number of carbonyl (C=O) groups excluding carboxylic acids is 1. The van der Waals surface area contributed by atoms with E-state index in [0.717, 1.165) is 21.3 Å². The molecule has 132 valence electrons. The lowest BCUT2D eigenvalue weighted by molar-refractivity contribution is 0.102. The highest BCUT2D eigenvalue weighted by atomic mass is 79.9. The quantitative estimate of drug-likeness (QED) is 0.533. The summed E-state index contributed by atoms with van der Waals surface area (Å²) in [6, 6.07) is 16.8. The fourth-order valence-electron chi connectivity index (χ4n) is 2.66. The molecule has 2 aromatic carbocycles. The molecule has 6 nitrogen and oxygen atoms in total. The Morgan fingerprint density at radius 3 is 2.59 bits per heavy atom. The van der Waals surface area contributed by atoms with Crippen LogP contribution in [0.3, 0.4) is 0 Å². The lowest BCUT2D eigenvalue weighted by Crippen LogP contribution is -2.12. The average Bonchev–Trinajstić information content (AvgIpc) is 3.23. The van der Waals surface area contributed by atoms with Gasteiger partial charge in [-0.3, -0.25) is 9.78 Å². The second-order valence-electron chi connectivity index (χ2n) is 5.82. The summed E-state index contributed by atoms with van der Waals surface area (Å²) in [6.45, 7) is 0. The van der Waals surface area contributed by atoms with Crippen LogP contribution in [0.5, 0.6) is 0 Å². The van der Waals surface area contributed by atoms with Crippen LogP contribution in [-0.4, -0.2) is 25.9 Å². The van der Waals surface area contributed by atoms with Crippen LogP contribution < -0.4 is 5.32 Å². The molecule has 0 aliphatic rings. The number of hydrogen-bond acceptors (Lipinski definition) is 4. The second kappa shape index (κ2) is 7.51.